The Hall–Kier alpha value is -7.97. The van der Waals surface area contributed by atoms with Gasteiger partial charge < -0.3 is 41.0 Å². The number of anilines is 1. The molecule has 0 heterocycles. The van der Waals surface area contributed by atoms with Crippen LogP contribution in [0.25, 0.3) is 23.8 Å². The number of aliphatic hydroxyl groups excluding tert-OH is 4. The number of aliphatic hydroxyl groups is 4. The van der Waals surface area contributed by atoms with Gasteiger partial charge in [0.1, 0.15) is 11.5 Å². The lowest BCUT2D eigenvalue weighted by molar-refractivity contribution is 0.0968. The summed E-state index contributed by atoms with van der Waals surface area (Å²) in [5.41, 5.74) is 15.4. The minimum atomic E-state index is -0.501. The third-order valence-corrected chi connectivity index (χ3v) is 11.4. The number of allylic oxidation sites excluding steroid dienone is 1. The van der Waals surface area contributed by atoms with Crippen LogP contribution in [0.2, 0.25) is 0 Å². The molecule has 360 valence electrons. The predicted octanol–water partition coefficient (Wildman–Crippen LogP) is 6.48. The average molecular weight is 961 g/mol. The van der Waals surface area contributed by atoms with Crippen molar-refractivity contribution in [1.82, 2.24) is 10.6 Å². The van der Waals surface area contributed by atoms with Gasteiger partial charge >= 0.3 is 0 Å². The van der Waals surface area contributed by atoms with Crippen LogP contribution >= 0.6 is 12.2 Å². The predicted molar refractivity (Wildman–Crippen MR) is 278 cm³/mol. The molecule has 9 N–H and O–H groups in total. The quantitative estimate of drug-likeness (QED) is 0.0374. The SMILES string of the molecule is C.CC#N.COc1cc(C(=O)NC(=S)Nc2cccc(C3C=c4ccccc4=C3)c2)cc(CO)c1CO.COc1cc(C(=O)NC(N)=Nc2cccc(C3=Cc4ccccc4C3)c2)cc(CO)c1CO. The van der Waals surface area contributed by atoms with Crippen molar-refractivity contribution in [2.75, 3.05) is 19.5 Å². The molecule has 6 aromatic carbocycles. The minimum Gasteiger partial charge on any atom is -0.496 e. The topological polar surface area (TPSA) is 232 Å². The molecule has 0 unspecified atom stereocenters. The summed E-state index contributed by atoms with van der Waals surface area (Å²) in [5.74, 6) is -0.208. The summed E-state index contributed by atoms with van der Waals surface area (Å²) in [6.07, 6.45) is 7.47. The smallest absolute Gasteiger partial charge is 0.258 e. The summed E-state index contributed by atoms with van der Waals surface area (Å²) in [4.78, 5) is 29.8. The molecule has 14 nitrogen and oxygen atoms in total. The fourth-order valence-electron chi connectivity index (χ4n) is 7.87. The van der Waals surface area contributed by atoms with Crippen molar-refractivity contribution < 1.29 is 39.5 Å². The molecule has 70 heavy (non-hydrogen) atoms. The normalized spacial score (nSPS) is 12.0. The zero-order chi connectivity index (χ0) is 49.5. The summed E-state index contributed by atoms with van der Waals surface area (Å²) >= 11 is 5.34. The van der Waals surface area contributed by atoms with Gasteiger partial charge in [-0.1, -0.05) is 98.5 Å². The Balaban J connectivity index is 0.000000244. The van der Waals surface area contributed by atoms with Crippen LogP contribution in [0.3, 0.4) is 0 Å². The number of nitriles is 1. The number of guanidine groups is 1. The summed E-state index contributed by atoms with van der Waals surface area (Å²) in [5, 5.41) is 56.4. The van der Waals surface area contributed by atoms with Crippen molar-refractivity contribution >= 4 is 70.3 Å². The molecule has 8 rings (SSSR count). The van der Waals surface area contributed by atoms with Crippen LogP contribution in [0.4, 0.5) is 11.4 Å². The van der Waals surface area contributed by atoms with E-state index in [1.807, 2.05) is 66.7 Å². The third kappa shape index (κ3) is 13.2. The number of benzene rings is 6. The number of thiocarbonyl (C=S) groups is 1. The van der Waals surface area contributed by atoms with Gasteiger partial charge in [0.2, 0.25) is 5.96 Å². The first-order valence-electron chi connectivity index (χ1n) is 21.6. The first-order chi connectivity index (χ1) is 33.4. The van der Waals surface area contributed by atoms with Gasteiger partial charge in [-0.2, -0.15) is 5.26 Å². The maximum absolute atomic E-state index is 12.7. The molecule has 0 radical (unpaired) electrons. The molecule has 15 heteroatoms. The second-order valence-corrected chi connectivity index (χ2v) is 16.0. The van der Waals surface area contributed by atoms with E-state index in [0.29, 0.717) is 39.4 Å². The molecule has 0 fully saturated rings. The number of carbonyl (C=O) groups excluding carboxylic acids is 2. The van der Waals surface area contributed by atoms with Crippen LogP contribution < -0.4 is 41.6 Å². The number of methoxy groups -OCH3 is 2. The molecule has 0 spiro atoms. The zero-order valence-corrected chi connectivity index (χ0v) is 39.0. The number of hydrogen-bond acceptors (Lipinski definition) is 11. The first-order valence-corrected chi connectivity index (χ1v) is 22.1. The van der Waals surface area contributed by atoms with E-state index in [1.165, 1.54) is 72.5 Å². The highest BCUT2D eigenvalue weighted by Crippen LogP contribution is 2.33. The van der Waals surface area contributed by atoms with Crippen LogP contribution in [0.1, 0.15) is 85.5 Å². The molecule has 0 aliphatic heterocycles. The number of aliphatic imine (C=N–C) groups is 1. The standard InChI is InChI=1S/C26H25N3O4.C26H24N2O4S.C2H3N.CH4/c1-33-24-13-20(11-21(14-30)23(24)15-31)25(32)29-26(27)28-22-8-4-7-18(12-22)19-9-16-5-2-3-6-17(16)10-19;1-32-24-13-20(11-21(14-29)23(24)15-30)25(31)28-26(33)27-22-8-4-7-18(12-22)19-9-16-5-2-3-6-17(16)10-19;1-2-3;/h2-9,11-13,30-31H,10,14-15H2,1H3,(H3,27,28,29,32);2-13,19,29-30H,14-15H2,1H3,(H2,27,28,31,33);1H3;1H4. The Morgan fingerprint density at radius 2 is 1.30 bits per heavy atom. The lowest BCUT2D eigenvalue weighted by Crippen LogP contribution is -2.36. The highest BCUT2D eigenvalue weighted by atomic mass is 32.1. The fraction of sp³-hybridized carbons (Fsp3) is 0.182. The van der Waals surface area contributed by atoms with E-state index in [4.69, 9.17) is 32.7 Å². The largest absolute Gasteiger partial charge is 0.496 e. The Kier molecular flexibility index (Phi) is 19.2. The number of hydrogen-bond donors (Lipinski definition) is 8. The number of carbonyl (C=O) groups is 2. The van der Waals surface area contributed by atoms with Crippen molar-refractivity contribution in [2.24, 2.45) is 10.7 Å². The van der Waals surface area contributed by atoms with E-state index in [1.54, 1.807) is 6.07 Å². The van der Waals surface area contributed by atoms with Crippen molar-refractivity contribution in [3.05, 3.63) is 187 Å². The van der Waals surface area contributed by atoms with Gasteiger partial charge in [0, 0.05) is 40.8 Å². The van der Waals surface area contributed by atoms with Gasteiger partial charge in [-0.3, -0.25) is 20.2 Å². The summed E-state index contributed by atoms with van der Waals surface area (Å²) in [6.45, 7) is 0.131. The Bertz CT molecular complexity index is 3020. The molecule has 2 aliphatic carbocycles. The molecular weight excluding hydrogens is 905 g/mol. The zero-order valence-electron chi connectivity index (χ0n) is 38.2. The van der Waals surface area contributed by atoms with Gasteiger partial charge in [0.05, 0.1) is 52.4 Å². The Morgan fingerprint density at radius 1 is 0.743 bits per heavy atom. The summed E-state index contributed by atoms with van der Waals surface area (Å²) < 4.78 is 10.5. The first kappa shape index (κ1) is 53.0. The number of rotatable bonds is 12. The van der Waals surface area contributed by atoms with Gasteiger partial charge in [0.25, 0.3) is 11.8 Å². The number of nitrogens with zero attached hydrogens (tertiary/aromatic N) is 2. The Labute approximate surface area is 412 Å². The summed E-state index contributed by atoms with van der Waals surface area (Å²) in [7, 11) is 2.87. The highest BCUT2D eigenvalue weighted by Gasteiger charge is 2.19. The van der Waals surface area contributed by atoms with Gasteiger partial charge in [-0.05, 0) is 117 Å². The van der Waals surface area contributed by atoms with Crippen LogP contribution in [0.5, 0.6) is 11.5 Å². The van der Waals surface area contributed by atoms with Gasteiger partial charge in [-0.15, -0.1) is 0 Å². The van der Waals surface area contributed by atoms with Crippen molar-refractivity contribution in [3.8, 4) is 17.6 Å². The van der Waals surface area contributed by atoms with E-state index in [-0.39, 0.29) is 62.0 Å². The second-order valence-electron chi connectivity index (χ2n) is 15.6. The third-order valence-electron chi connectivity index (χ3n) is 11.2. The van der Waals surface area contributed by atoms with E-state index in [0.717, 1.165) is 23.2 Å². The number of fused-ring (bicyclic) bond motifs is 2. The van der Waals surface area contributed by atoms with Crippen LogP contribution in [0, 0.1) is 11.3 Å². The lowest BCUT2D eigenvalue weighted by Gasteiger charge is -2.15. The van der Waals surface area contributed by atoms with Crippen molar-refractivity contribution in [2.45, 2.75) is 53.1 Å². The number of nitrogens with two attached hydrogens (primary N) is 1. The van der Waals surface area contributed by atoms with Gasteiger partial charge in [-0.25, -0.2) is 4.99 Å². The number of ether oxygens (including phenoxy) is 2. The van der Waals surface area contributed by atoms with Crippen LogP contribution in [-0.4, -0.2) is 57.5 Å². The summed E-state index contributed by atoms with van der Waals surface area (Å²) in [6, 6.07) is 39.8. The molecule has 0 bridgehead atoms. The molecule has 0 atom stereocenters. The number of amides is 2. The molecule has 0 aromatic heterocycles. The minimum absolute atomic E-state index is 0. The molecule has 0 saturated heterocycles. The van der Waals surface area contributed by atoms with E-state index in [2.05, 4.69) is 69.5 Å². The highest BCUT2D eigenvalue weighted by molar-refractivity contribution is 7.80. The molecule has 6 aromatic rings. The van der Waals surface area contributed by atoms with Gasteiger partial charge in [0.15, 0.2) is 5.11 Å². The van der Waals surface area contributed by atoms with Crippen molar-refractivity contribution in [3.63, 3.8) is 0 Å². The van der Waals surface area contributed by atoms with E-state index < -0.39 is 11.8 Å². The molecule has 2 amide bonds. The van der Waals surface area contributed by atoms with Crippen LogP contribution in [-0.2, 0) is 32.8 Å². The van der Waals surface area contributed by atoms with Crippen molar-refractivity contribution in [1.29, 1.82) is 5.26 Å². The lowest BCUT2D eigenvalue weighted by atomic mass is 10.00. The average Bonchev–Trinajstić information content (AvgIpc) is 4.01. The van der Waals surface area contributed by atoms with E-state index in [9.17, 15) is 30.0 Å². The maximum Gasteiger partial charge on any atom is 0.258 e. The maximum atomic E-state index is 12.7. The molecular formula is C55H56N6O8S. The Morgan fingerprint density at radius 3 is 1.86 bits per heavy atom. The van der Waals surface area contributed by atoms with Crippen LogP contribution in [0.15, 0.2) is 126 Å². The second kappa shape index (κ2) is 25.4. The molecule has 2 aliphatic rings. The fourth-order valence-corrected chi connectivity index (χ4v) is 8.08. The van der Waals surface area contributed by atoms with E-state index >= 15 is 0 Å². The number of nitrogens with one attached hydrogen (secondary N) is 3. The molecule has 0 saturated carbocycles. The monoisotopic (exact) mass is 960 g/mol.